The Hall–Kier alpha value is -1.56. The Bertz CT molecular complexity index is 549. The van der Waals surface area contributed by atoms with E-state index in [1.165, 1.54) is 13.8 Å². The highest BCUT2D eigenvalue weighted by atomic mass is 32.2. The summed E-state index contributed by atoms with van der Waals surface area (Å²) in [5.41, 5.74) is 0.0410. The van der Waals surface area contributed by atoms with Gasteiger partial charge in [-0.1, -0.05) is 12.1 Å². The number of anilines is 1. The quantitative estimate of drug-likeness (QED) is 0.856. The molecule has 0 saturated carbocycles. The minimum atomic E-state index is -3.68. The molecule has 1 aromatic rings. The van der Waals surface area contributed by atoms with Crippen molar-refractivity contribution in [1.82, 2.24) is 0 Å². The summed E-state index contributed by atoms with van der Waals surface area (Å²) in [6.07, 6.45) is 0. The molecule has 6 heteroatoms. The third kappa shape index (κ3) is 4.03. The average molecular weight is 271 g/mol. The first-order valence-electron chi connectivity index (χ1n) is 5.43. The maximum Gasteiger partial charge on any atom is 0.310 e. The largest absolute Gasteiger partial charge is 0.481 e. The monoisotopic (exact) mass is 271 g/mol. The van der Waals surface area contributed by atoms with E-state index >= 15 is 0 Å². The number of aliphatic carboxylic acids is 1. The normalized spacial score (nSPS) is 12.2. The van der Waals surface area contributed by atoms with Gasteiger partial charge in [-0.05, 0) is 38.5 Å². The van der Waals surface area contributed by atoms with Gasteiger partial charge in [-0.15, -0.1) is 0 Å². The van der Waals surface area contributed by atoms with Crippen molar-refractivity contribution in [2.45, 2.75) is 20.8 Å². The van der Waals surface area contributed by atoms with Crippen LogP contribution in [-0.4, -0.2) is 25.2 Å². The molecule has 1 rings (SSSR count). The summed E-state index contributed by atoms with van der Waals surface area (Å²) < 4.78 is 26.1. The first-order valence-corrected chi connectivity index (χ1v) is 7.08. The fourth-order valence-electron chi connectivity index (χ4n) is 1.46. The van der Waals surface area contributed by atoms with Gasteiger partial charge in [-0.25, -0.2) is 8.42 Å². The zero-order chi connectivity index (χ0) is 14.0. The van der Waals surface area contributed by atoms with Gasteiger partial charge >= 0.3 is 5.97 Å². The lowest BCUT2D eigenvalue weighted by Gasteiger charge is -2.19. The van der Waals surface area contributed by atoms with Crippen LogP contribution in [0.25, 0.3) is 0 Å². The number of carboxylic acid groups (broad SMARTS) is 1. The molecule has 0 aliphatic carbocycles. The second-order valence-electron chi connectivity index (χ2n) is 4.92. The number of hydrogen-bond donors (Lipinski definition) is 2. The Balaban J connectivity index is 2.87. The van der Waals surface area contributed by atoms with Gasteiger partial charge < -0.3 is 5.11 Å². The Morgan fingerprint density at radius 3 is 2.50 bits per heavy atom. The van der Waals surface area contributed by atoms with Crippen LogP contribution >= 0.6 is 0 Å². The molecular weight excluding hydrogens is 254 g/mol. The molecule has 0 fully saturated rings. The van der Waals surface area contributed by atoms with E-state index in [2.05, 4.69) is 4.72 Å². The zero-order valence-electron chi connectivity index (χ0n) is 10.6. The van der Waals surface area contributed by atoms with Crippen LogP contribution in [-0.2, 0) is 14.8 Å². The summed E-state index contributed by atoms with van der Waals surface area (Å²) in [7, 11) is -3.68. The number of hydrogen-bond acceptors (Lipinski definition) is 3. The molecule has 0 atom stereocenters. The average Bonchev–Trinajstić information content (AvgIpc) is 2.14. The molecular formula is C12H17NO4S. The number of aryl methyl sites for hydroxylation is 1. The van der Waals surface area contributed by atoms with Gasteiger partial charge in [0.2, 0.25) is 10.0 Å². The number of rotatable bonds is 5. The van der Waals surface area contributed by atoms with Crippen LogP contribution in [0.3, 0.4) is 0 Å². The topological polar surface area (TPSA) is 83.5 Å². The SMILES string of the molecule is Cc1cccc(NS(=O)(=O)CC(C)(C)C(=O)O)c1. The van der Waals surface area contributed by atoms with Crippen LogP contribution in [0.4, 0.5) is 5.69 Å². The van der Waals surface area contributed by atoms with E-state index in [-0.39, 0.29) is 0 Å². The molecule has 0 aromatic heterocycles. The van der Waals surface area contributed by atoms with Gasteiger partial charge in [0.05, 0.1) is 11.2 Å². The van der Waals surface area contributed by atoms with Crippen molar-refractivity contribution in [1.29, 1.82) is 0 Å². The zero-order valence-corrected chi connectivity index (χ0v) is 11.4. The lowest BCUT2D eigenvalue weighted by molar-refractivity contribution is -0.145. The molecule has 0 unspecified atom stereocenters. The van der Waals surface area contributed by atoms with Crippen LogP contribution in [0.15, 0.2) is 24.3 Å². The number of carbonyl (C=O) groups is 1. The van der Waals surface area contributed by atoms with Crippen molar-refractivity contribution in [3.63, 3.8) is 0 Å². The Kier molecular flexibility index (Phi) is 4.01. The van der Waals surface area contributed by atoms with Gasteiger partial charge in [0.15, 0.2) is 0 Å². The second kappa shape index (κ2) is 4.97. The maximum absolute atomic E-state index is 11.9. The number of nitrogens with one attached hydrogen (secondary N) is 1. The highest BCUT2D eigenvalue weighted by Crippen LogP contribution is 2.20. The fourth-order valence-corrected chi connectivity index (χ4v) is 3.09. The lowest BCUT2D eigenvalue weighted by atomic mass is 9.97. The van der Waals surface area contributed by atoms with Crippen molar-refractivity contribution in [2.75, 3.05) is 10.5 Å². The summed E-state index contributed by atoms with van der Waals surface area (Å²) in [6, 6.07) is 6.89. The van der Waals surface area contributed by atoms with Crippen molar-refractivity contribution in [3.8, 4) is 0 Å². The molecule has 2 N–H and O–H groups in total. The molecule has 18 heavy (non-hydrogen) atoms. The van der Waals surface area contributed by atoms with E-state index in [0.717, 1.165) is 5.56 Å². The molecule has 0 aliphatic heterocycles. The van der Waals surface area contributed by atoms with E-state index in [1.54, 1.807) is 18.2 Å². The predicted octanol–water partition coefficient (Wildman–Crippen LogP) is 1.85. The summed E-state index contributed by atoms with van der Waals surface area (Å²) in [5.74, 6) is -1.61. The number of benzene rings is 1. The molecule has 1 aromatic carbocycles. The van der Waals surface area contributed by atoms with Crippen LogP contribution < -0.4 is 4.72 Å². The van der Waals surface area contributed by atoms with Gasteiger partial charge in [0.25, 0.3) is 0 Å². The van der Waals surface area contributed by atoms with Crippen LogP contribution in [0.1, 0.15) is 19.4 Å². The number of carboxylic acids is 1. The molecule has 0 radical (unpaired) electrons. The summed E-state index contributed by atoms with van der Waals surface area (Å²) in [5, 5.41) is 8.92. The van der Waals surface area contributed by atoms with E-state index < -0.39 is 27.2 Å². The van der Waals surface area contributed by atoms with Gasteiger partial charge in [-0.2, -0.15) is 0 Å². The van der Waals surface area contributed by atoms with Crippen molar-refractivity contribution in [3.05, 3.63) is 29.8 Å². The molecule has 0 saturated heterocycles. The van der Waals surface area contributed by atoms with E-state index in [0.29, 0.717) is 5.69 Å². The first kappa shape index (κ1) is 14.5. The van der Waals surface area contributed by atoms with E-state index in [9.17, 15) is 13.2 Å². The predicted molar refractivity (Wildman–Crippen MR) is 70.0 cm³/mol. The molecule has 5 nitrogen and oxygen atoms in total. The van der Waals surface area contributed by atoms with Crippen LogP contribution in [0.5, 0.6) is 0 Å². The van der Waals surface area contributed by atoms with Crippen molar-refractivity contribution < 1.29 is 18.3 Å². The summed E-state index contributed by atoms with van der Waals surface area (Å²) in [6.45, 7) is 4.61. The van der Waals surface area contributed by atoms with Crippen molar-refractivity contribution >= 4 is 21.7 Å². The summed E-state index contributed by atoms with van der Waals surface area (Å²) >= 11 is 0. The Morgan fingerprint density at radius 2 is 2.00 bits per heavy atom. The standard InChI is InChI=1S/C12H17NO4S/c1-9-5-4-6-10(7-9)13-18(16,17)8-12(2,3)11(14)15/h4-7,13H,8H2,1-3H3,(H,14,15). The number of sulfonamides is 1. The third-order valence-electron chi connectivity index (χ3n) is 2.42. The van der Waals surface area contributed by atoms with Gasteiger partial charge in [-0.3, -0.25) is 9.52 Å². The van der Waals surface area contributed by atoms with E-state index in [1.807, 2.05) is 13.0 Å². The highest BCUT2D eigenvalue weighted by molar-refractivity contribution is 7.92. The fraction of sp³-hybridized carbons (Fsp3) is 0.417. The Labute approximate surface area is 107 Å². The first-order chi connectivity index (χ1) is 8.12. The minimum Gasteiger partial charge on any atom is -0.481 e. The summed E-state index contributed by atoms with van der Waals surface area (Å²) in [4.78, 5) is 10.9. The smallest absolute Gasteiger partial charge is 0.310 e. The van der Waals surface area contributed by atoms with Gasteiger partial charge in [0.1, 0.15) is 0 Å². The molecule has 0 amide bonds. The van der Waals surface area contributed by atoms with E-state index in [4.69, 9.17) is 5.11 Å². The van der Waals surface area contributed by atoms with Gasteiger partial charge in [0, 0.05) is 5.69 Å². The highest BCUT2D eigenvalue weighted by Gasteiger charge is 2.33. The minimum absolute atomic E-state index is 0.441. The maximum atomic E-state index is 11.9. The molecule has 100 valence electrons. The third-order valence-corrected chi connectivity index (χ3v) is 4.07. The molecule has 0 heterocycles. The molecule has 0 spiro atoms. The Morgan fingerprint density at radius 1 is 1.39 bits per heavy atom. The molecule has 0 aliphatic rings. The van der Waals surface area contributed by atoms with Crippen molar-refractivity contribution in [2.24, 2.45) is 5.41 Å². The lowest BCUT2D eigenvalue weighted by Crippen LogP contribution is -2.34. The van der Waals surface area contributed by atoms with Crippen LogP contribution in [0.2, 0.25) is 0 Å². The molecule has 0 bridgehead atoms. The van der Waals surface area contributed by atoms with Crippen LogP contribution in [0, 0.1) is 12.3 Å². The second-order valence-corrected chi connectivity index (χ2v) is 6.64.